The maximum atomic E-state index is 12.9. The number of hydrogen-bond acceptors (Lipinski definition) is 3. The lowest BCUT2D eigenvalue weighted by Gasteiger charge is -2.36. The van der Waals surface area contributed by atoms with Crippen LogP contribution in [0.15, 0.2) is 22.7 Å². The lowest BCUT2D eigenvalue weighted by Crippen LogP contribution is -2.53. The van der Waals surface area contributed by atoms with Crippen molar-refractivity contribution in [3.63, 3.8) is 0 Å². The summed E-state index contributed by atoms with van der Waals surface area (Å²) in [6, 6.07) is 5.79. The highest BCUT2D eigenvalue weighted by Crippen LogP contribution is 2.29. The summed E-state index contributed by atoms with van der Waals surface area (Å²) in [5.74, 6) is -0.189. The minimum atomic E-state index is -0.311. The Morgan fingerprint density at radius 3 is 2.33 bits per heavy atom. The third kappa shape index (κ3) is 4.18. The van der Waals surface area contributed by atoms with Crippen LogP contribution in [0.25, 0.3) is 0 Å². The summed E-state index contributed by atoms with van der Waals surface area (Å²) >= 11 is 3.47. The van der Waals surface area contributed by atoms with Crippen LogP contribution in [-0.2, 0) is 14.4 Å². The number of hydrogen-bond donors (Lipinski definition) is 0. The first-order valence-electron chi connectivity index (χ1n) is 9.42. The van der Waals surface area contributed by atoms with Gasteiger partial charge in [0.1, 0.15) is 0 Å². The Hall–Kier alpha value is -1.89. The summed E-state index contributed by atoms with van der Waals surface area (Å²) in [5.41, 5.74) is 1.89. The Morgan fingerprint density at radius 1 is 1.11 bits per heavy atom. The number of halogens is 1. The monoisotopic (exact) mass is 435 g/mol. The van der Waals surface area contributed by atoms with E-state index in [-0.39, 0.29) is 36.0 Å². The fourth-order valence-corrected chi connectivity index (χ4v) is 3.94. The van der Waals surface area contributed by atoms with E-state index in [1.54, 1.807) is 9.80 Å². The molecule has 0 radical (unpaired) electrons. The van der Waals surface area contributed by atoms with Crippen LogP contribution < -0.4 is 4.90 Å². The number of amides is 3. The summed E-state index contributed by atoms with van der Waals surface area (Å²) in [6.07, 6.45) is 0.249. The van der Waals surface area contributed by atoms with Gasteiger partial charge < -0.3 is 14.7 Å². The van der Waals surface area contributed by atoms with E-state index in [9.17, 15) is 14.4 Å². The fourth-order valence-electron chi connectivity index (χ4n) is 3.69. The van der Waals surface area contributed by atoms with Crippen molar-refractivity contribution < 1.29 is 14.4 Å². The third-order valence-electron chi connectivity index (χ3n) is 5.32. The quantitative estimate of drug-likeness (QED) is 0.732. The maximum absolute atomic E-state index is 12.9. The van der Waals surface area contributed by atoms with Gasteiger partial charge in [-0.15, -0.1) is 0 Å². The number of carbonyl (C=O) groups excluding carboxylic acids is 3. The predicted octanol–water partition coefficient (Wildman–Crippen LogP) is 2.44. The number of carbonyl (C=O) groups is 3. The van der Waals surface area contributed by atoms with Crippen molar-refractivity contribution in [2.45, 2.75) is 27.2 Å². The van der Waals surface area contributed by atoms with Gasteiger partial charge in [-0.2, -0.15) is 0 Å². The molecule has 2 aliphatic rings. The van der Waals surface area contributed by atoms with Gasteiger partial charge in [-0.25, -0.2) is 0 Å². The molecule has 0 aliphatic carbocycles. The van der Waals surface area contributed by atoms with Crippen LogP contribution >= 0.6 is 15.9 Å². The number of benzene rings is 1. The SMILES string of the molecule is Cc1cc(N2CC(C(=O)N3CCN(C(=O)C(C)C)CC3)CC2=O)ccc1Br. The molecule has 3 amide bonds. The van der Waals surface area contributed by atoms with E-state index >= 15 is 0 Å². The normalized spacial score (nSPS) is 20.6. The van der Waals surface area contributed by atoms with Crippen LogP contribution in [0.5, 0.6) is 0 Å². The Balaban J connectivity index is 1.61. The number of piperazine rings is 1. The molecule has 1 unspecified atom stereocenters. The third-order valence-corrected chi connectivity index (χ3v) is 6.21. The number of nitrogens with zero attached hydrogens (tertiary/aromatic N) is 3. The number of aryl methyl sites for hydroxylation is 1. The van der Waals surface area contributed by atoms with E-state index < -0.39 is 0 Å². The lowest BCUT2D eigenvalue weighted by molar-refractivity contribution is -0.143. The molecule has 0 aromatic heterocycles. The Bertz CT molecular complexity index is 757. The molecule has 0 saturated carbocycles. The van der Waals surface area contributed by atoms with Crippen LogP contribution in [0.1, 0.15) is 25.8 Å². The second-order valence-corrected chi connectivity index (χ2v) is 8.50. The molecular formula is C20H26BrN3O3. The molecule has 146 valence electrons. The average molecular weight is 436 g/mol. The molecule has 1 aromatic rings. The van der Waals surface area contributed by atoms with Crippen molar-refractivity contribution in [3.05, 3.63) is 28.2 Å². The zero-order chi connectivity index (χ0) is 19.7. The first kappa shape index (κ1) is 19.9. The highest BCUT2D eigenvalue weighted by Gasteiger charge is 2.38. The molecule has 27 heavy (non-hydrogen) atoms. The second kappa shape index (κ2) is 8.00. The molecule has 2 fully saturated rings. The zero-order valence-electron chi connectivity index (χ0n) is 16.1. The Kier molecular flexibility index (Phi) is 5.89. The summed E-state index contributed by atoms with van der Waals surface area (Å²) < 4.78 is 0.999. The summed E-state index contributed by atoms with van der Waals surface area (Å²) in [5, 5.41) is 0. The van der Waals surface area contributed by atoms with E-state index in [1.807, 2.05) is 43.9 Å². The fraction of sp³-hybridized carbons (Fsp3) is 0.550. The van der Waals surface area contributed by atoms with Crippen molar-refractivity contribution in [1.82, 2.24) is 9.80 Å². The zero-order valence-corrected chi connectivity index (χ0v) is 17.7. The van der Waals surface area contributed by atoms with Gasteiger partial charge in [-0.05, 0) is 30.7 Å². The van der Waals surface area contributed by atoms with Crippen LogP contribution in [0.3, 0.4) is 0 Å². The highest BCUT2D eigenvalue weighted by molar-refractivity contribution is 9.10. The molecule has 2 heterocycles. The highest BCUT2D eigenvalue weighted by atomic mass is 79.9. The standard InChI is InChI=1S/C20H26BrN3O3/c1-13(2)19(26)22-6-8-23(9-7-22)20(27)15-11-18(25)24(12-15)16-4-5-17(21)14(3)10-16/h4-5,10,13,15H,6-9,11-12H2,1-3H3. The largest absolute Gasteiger partial charge is 0.339 e. The minimum absolute atomic E-state index is 0.0105. The topological polar surface area (TPSA) is 60.9 Å². The molecule has 0 N–H and O–H groups in total. The summed E-state index contributed by atoms with van der Waals surface area (Å²) in [7, 11) is 0. The van der Waals surface area contributed by atoms with E-state index in [0.717, 1.165) is 15.7 Å². The van der Waals surface area contributed by atoms with Crippen molar-refractivity contribution >= 4 is 39.3 Å². The molecule has 2 aliphatic heterocycles. The van der Waals surface area contributed by atoms with Gasteiger partial charge in [-0.1, -0.05) is 29.8 Å². The summed E-state index contributed by atoms with van der Waals surface area (Å²) in [4.78, 5) is 42.8. The van der Waals surface area contributed by atoms with Crippen molar-refractivity contribution in [3.8, 4) is 0 Å². The van der Waals surface area contributed by atoms with E-state index in [0.29, 0.717) is 32.7 Å². The van der Waals surface area contributed by atoms with Gasteiger partial charge in [0.25, 0.3) is 0 Å². The second-order valence-electron chi connectivity index (χ2n) is 7.64. The molecule has 1 atom stereocenters. The van der Waals surface area contributed by atoms with Gasteiger partial charge in [-0.3, -0.25) is 14.4 Å². The Morgan fingerprint density at radius 2 is 1.74 bits per heavy atom. The smallest absolute Gasteiger partial charge is 0.228 e. The van der Waals surface area contributed by atoms with Gasteiger partial charge in [0, 0.05) is 55.2 Å². The van der Waals surface area contributed by atoms with Gasteiger partial charge >= 0.3 is 0 Å². The molecule has 6 nitrogen and oxygen atoms in total. The molecule has 2 saturated heterocycles. The molecule has 7 heteroatoms. The molecular weight excluding hydrogens is 410 g/mol. The van der Waals surface area contributed by atoms with Gasteiger partial charge in [0.2, 0.25) is 17.7 Å². The lowest BCUT2D eigenvalue weighted by atomic mass is 10.1. The minimum Gasteiger partial charge on any atom is -0.339 e. The first-order valence-corrected chi connectivity index (χ1v) is 10.2. The maximum Gasteiger partial charge on any atom is 0.228 e. The van der Waals surface area contributed by atoms with E-state index in [1.165, 1.54) is 0 Å². The van der Waals surface area contributed by atoms with Gasteiger partial charge in [0.05, 0.1) is 5.92 Å². The molecule has 1 aromatic carbocycles. The van der Waals surface area contributed by atoms with Crippen LogP contribution in [0.2, 0.25) is 0 Å². The number of rotatable bonds is 3. The molecule has 0 spiro atoms. The average Bonchev–Trinajstić information content (AvgIpc) is 3.04. The Labute approximate surface area is 168 Å². The predicted molar refractivity (Wildman–Crippen MR) is 107 cm³/mol. The van der Waals surface area contributed by atoms with E-state index in [4.69, 9.17) is 0 Å². The van der Waals surface area contributed by atoms with Crippen LogP contribution in [0, 0.1) is 18.8 Å². The van der Waals surface area contributed by atoms with Crippen molar-refractivity contribution in [2.75, 3.05) is 37.6 Å². The van der Waals surface area contributed by atoms with Crippen molar-refractivity contribution in [2.24, 2.45) is 11.8 Å². The molecule has 0 bridgehead atoms. The molecule has 3 rings (SSSR count). The first-order chi connectivity index (χ1) is 12.8. The van der Waals surface area contributed by atoms with E-state index in [2.05, 4.69) is 15.9 Å². The van der Waals surface area contributed by atoms with Crippen molar-refractivity contribution in [1.29, 1.82) is 0 Å². The summed E-state index contributed by atoms with van der Waals surface area (Å²) in [6.45, 7) is 8.40. The van der Waals surface area contributed by atoms with Crippen LogP contribution in [0.4, 0.5) is 5.69 Å². The number of anilines is 1. The van der Waals surface area contributed by atoms with Gasteiger partial charge in [0.15, 0.2) is 0 Å². The van der Waals surface area contributed by atoms with Crippen LogP contribution in [-0.4, -0.2) is 60.2 Å².